The molecule has 0 unspecified atom stereocenters. The second kappa shape index (κ2) is 6.39. The van der Waals surface area contributed by atoms with Crippen molar-refractivity contribution in [2.24, 2.45) is 0 Å². The van der Waals surface area contributed by atoms with Crippen LogP contribution in [0.25, 0.3) is 0 Å². The number of carbonyl (C=O) groups excluding carboxylic acids is 1. The molecule has 0 aliphatic rings. The van der Waals surface area contributed by atoms with Crippen LogP contribution in [0.15, 0.2) is 30.3 Å². The fourth-order valence-electron chi connectivity index (χ4n) is 0.876. The van der Waals surface area contributed by atoms with E-state index in [0.717, 1.165) is 6.42 Å². The summed E-state index contributed by atoms with van der Waals surface area (Å²) in [5.41, 5.74) is 1.18. The predicted molar refractivity (Wildman–Crippen MR) is 45.1 cm³/mol. The zero-order valence-corrected chi connectivity index (χ0v) is 10.00. The van der Waals surface area contributed by atoms with Gasteiger partial charge in [0.1, 0.15) is 0 Å². The van der Waals surface area contributed by atoms with E-state index in [0.29, 0.717) is 0 Å². The summed E-state index contributed by atoms with van der Waals surface area (Å²) < 4.78 is 0. The maximum absolute atomic E-state index is 10.6. The van der Waals surface area contributed by atoms with Crippen LogP contribution in [0.4, 0.5) is 0 Å². The second-order valence-electron chi connectivity index (χ2n) is 2.50. The van der Waals surface area contributed by atoms with Gasteiger partial charge in [-0.05, 0) is 12.7 Å². The SMILES string of the molecule is CC(=O)[CH-]Cc1ccccc1.[Y+3]. The fraction of sp³-hybridized carbons (Fsp3) is 0.200. The van der Waals surface area contributed by atoms with Crippen molar-refractivity contribution in [3.8, 4) is 0 Å². The van der Waals surface area contributed by atoms with Crippen LogP contribution in [0.1, 0.15) is 12.5 Å². The van der Waals surface area contributed by atoms with Crippen LogP contribution in [0.3, 0.4) is 0 Å². The monoisotopic (exact) mass is 236 g/mol. The van der Waals surface area contributed by atoms with Gasteiger partial charge in [0, 0.05) is 0 Å². The normalized spacial score (nSPS) is 8.42. The molecule has 0 aromatic heterocycles. The Morgan fingerprint density at radius 2 is 1.92 bits per heavy atom. The van der Waals surface area contributed by atoms with Crippen LogP contribution in [-0.4, -0.2) is 5.78 Å². The molecule has 0 saturated heterocycles. The van der Waals surface area contributed by atoms with E-state index in [9.17, 15) is 4.79 Å². The summed E-state index contributed by atoms with van der Waals surface area (Å²) in [6.07, 6.45) is 2.44. The number of rotatable bonds is 3. The Kier molecular flexibility index (Phi) is 6.32. The molecule has 2 heteroatoms. The van der Waals surface area contributed by atoms with Gasteiger partial charge in [-0.1, -0.05) is 35.9 Å². The van der Waals surface area contributed by atoms with Gasteiger partial charge in [-0.15, -0.1) is 6.42 Å². The van der Waals surface area contributed by atoms with Gasteiger partial charge in [0.05, 0.1) is 0 Å². The largest absolute Gasteiger partial charge is 3.00 e. The van der Waals surface area contributed by atoms with E-state index >= 15 is 0 Å². The predicted octanol–water partition coefficient (Wildman–Crippen LogP) is 2.02. The van der Waals surface area contributed by atoms with E-state index in [1.54, 1.807) is 13.3 Å². The Bertz CT molecular complexity index is 231. The van der Waals surface area contributed by atoms with E-state index in [2.05, 4.69) is 0 Å². The van der Waals surface area contributed by atoms with E-state index in [-0.39, 0.29) is 38.5 Å². The van der Waals surface area contributed by atoms with Crippen LogP contribution in [0.2, 0.25) is 0 Å². The van der Waals surface area contributed by atoms with E-state index in [4.69, 9.17) is 0 Å². The molecule has 0 N–H and O–H groups in total. The zero-order chi connectivity index (χ0) is 8.10. The third kappa shape index (κ3) is 4.68. The molecule has 0 amide bonds. The van der Waals surface area contributed by atoms with Gasteiger partial charge in [0.2, 0.25) is 0 Å². The summed E-state index contributed by atoms with van der Waals surface area (Å²) in [4.78, 5) is 10.6. The quantitative estimate of drug-likeness (QED) is 0.734. The summed E-state index contributed by atoms with van der Waals surface area (Å²) in [5, 5.41) is 0. The number of carbonyl (C=O) groups is 1. The molecule has 1 rings (SSSR count). The van der Waals surface area contributed by atoms with Gasteiger partial charge < -0.3 is 11.2 Å². The maximum Gasteiger partial charge on any atom is 3.00 e. The second-order valence-corrected chi connectivity index (χ2v) is 2.50. The van der Waals surface area contributed by atoms with E-state index in [1.165, 1.54) is 5.56 Å². The molecular formula is C10H11OY+2. The molecule has 0 radical (unpaired) electrons. The molecule has 0 heterocycles. The third-order valence-corrected chi connectivity index (χ3v) is 1.47. The van der Waals surface area contributed by atoms with Crippen molar-refractivity contribution in [2.45, 2.75) is 13.3 Å². The van der Waals surface area contributed by atoms with Gasteiger partial charge in [-0.3, -0.25) is 0 Å². The van der Waals surface area contributed by atoms with Crippen molar-refractivity contribution in [3.63, 3.8) is 0 Å². The van der Waals surface area contributed by atoms with Gasteiger partial charge in [-0.2, -0.15) is 0 Å². The van der Waals surface area contributed by atoms with Gasteiger partial charge >= 0.3 is 32.7 Å². The zero-order valence-electron chi connectivity index (χ0n) is 7.16. The fourth-order valence-corrected chi connectivity index (χ4v) is 0.876. The Labute approximate surface area is 98.4 Å². The molecule has 0 spiro atoms. The molecule has 1 nitrogen and oxygen atoms in total. The molecule has 58 valence electrons. The average molecular weight is 236 g/mol. The van der Waals surface area contributed by atoms with Crippen LogP contribution in [-0.2, 0) is 43.9 Å². The van der Waals surface area contributed by atoms with E-state index in [1.807, 2.05) is 30.3 Å². The van der Waals surface area contributed by atoms with E-state index < -0.39 is 0 Å². The number of hydrogen-bond acceptors (Lipinski definition) is 1. The smallest absolute Gasteiger partial charge is 0.335 e. The van der Waals surface area contributed by atoms with Crippen LogP contribution >= 0.6 is 0 Å². The van der Waals surface area contributed by atoms with Crippen LogP contribution < -0.4 is 0 Å². The van der Waals surface area contributed by atoms with Crippen molar-refractivity contribution < 1.29 is 37.5 Å². The summed E-state index contributed by atoms with van der Waals surface area (Å²) in [6.45, 7) is 1.57. The Morgan fingerprint density at radius 1 is 1.33 bits per heavy atom. The average Bonchev–Trinajstić information content (AvgIpc) is 2.03. The Morgan fingerprint density at radius 3 is 2.42 bits per heavy atom. The molecule has 0 bridgehead atoms. The van der Waals surface area contributed by atoms with Gasteiger partial charge in [-0.25, -0.2) is 0 Å². The van der Waals surface area contributed by atoms with Crippen molar-refractivity contribution in [3.05, 3.63) is 42.3 Å². The van der Waals surface area contributed by atoms with Crippen molar-refractivity contribution in [2.75, 3.05) is 0 Å². The molecule has 0 saturated carbocycles. The number of hydrogen-bond donors (Lipinski definition) is 0. The topological polar surface area (TPSA) is 17.1 Å². The first-order valence-electron chi connectivity index (χ1n) is 3.67. The summed E-state index contributed by atoms with van der Waals surface area (Å²) in [6, 6.07) is 9.95. The summed E-state index contributed by atoms with van der Waals surface area (Å²) >= 11 is 0. The first kappa shape index (κ1) is 11.9. The number of Topliss-reactive ketones (excluding diaryl/α,β-unsaturated/α-hetero) is 1. The Hall–Kier alpha value is -0.136. The maximum atomic E-state index is 10.6. The Balaban J connectivity index is 0.00000121. The minimum Gasteiger partial charge on any atom is -0.335 e. The first-order chi connectivity index (χ1) is 5.29. The van der Waals surface area contributed by atoms with Crippen molar-refractivity contribution in [1.29, 1.82) is 0 Å². The molecule has 1 aromatic carbocycles. The minimum atomic E-state index is 0. The molecule has 12 heavy (non-hydrogen) atoms. The molecule has 0 fully saturated rings. The molecule has 0 atom stereocenters. The molecule has 1 aromatic rings. The minimum absolute atomic E-state index is 0. The van der Waals surface area contributed by atoms with Crippen molar-refractivity contribution in [1.82, 2.24) is 0 Å². The first-order valence-corrected chi connectivity index (χ1v) is 3.67. The van der Waals surface area contributed by atoms with Gasteiger partial charge in [0.25, 0.3) is 0 Å². The van der Waals surface area contributed by atoms with Crippen LogP contribution in [0, 0.1) is 6.42 Å². The van der Waals surface area contributed by atoms with Crippen molar-refractivity contribution >= 4 is 5.78 Å². The summed E-state index contributed by atoms with van der Waals surface area (Å²) in [5.74, 6) is 0.133. The summed E-state index contributed by atoms with van der Waals surface area (Å²) in [7, 11) is 0. The number of benzene rings is 1. The number of ketones is 1. The molecular weight excluding hydrogens is 225 g/mol. The molecule has 0 aliphatic heterocycles. The third-order valence-electron chi connectivity index (χ3n) is 1.47. The van der Waals surface area contributed by atoms with Crippen LogP contribution in [0.5, 0.6) is 0 Å². The van der Waals surface area contributed by atoms with Gasteiger partial charge in [0.15, 0.2) is 0 Å². The standard InChI is InChI=1S/C10H11O.Y/c1-9(11)7-8-10-5-3-2-4-6-10;/h2-7H,8H2,1H3;/q-1;+3. The molecule has 0 aliphatic carbocycles.